The van der Waals surface area contributed by atoms with Gasteiger partial charge in [0.2, 0.25) is 5.91 Å². The number of carboxylic acid groups (broad SMARTS) is 1. The van der Waals surface area contributed by atoms with E-state index in [1.54, 1.807) is 6.92 Å². The Kier molecular flexibility index (Phi) is 7.87. The van der Waals surface area contributed by atoms with Crippen LogP contribution in [-0.4, -0.2) is 41.8 Å². The van der Waals surface area contributed by atoms with Crippen molar-refractivity contribution in [3.05, 3.63) is 59.7 Å². The van der Waals surface area contributed by atoms with Gasteiger partial charge in [0, 0.05) is 24.4 Å². The number of carbonyl (C=O) groups is 3. The minimum atomic E-state index is -0.973. The minimum Gasteiger partial charge on any atom is -0.481 e. The third-order valence-corrected chi connectivity index (χ3v) is 5.62. The molecule has 0 spiro atoms. The molecule has 7 nitrogen and oxygen atoms in total. The van der Waals surface area contributed by atoms with E-state index >= 15 is 0 Å². The van der Waals surface area contributed by atoms with E-state index in [1.165, 1.54) is 0 Å². The number of carbonyl (C=O) groups excluding carboxylic acids is 2. The molecule has 1 aliphatic rings. The summed E-state index contributed by atoms with van der Waals surface area (Å²) in [5.41, 5.74) is 4.60. The summed E-state index contributed by atoms with van der Waals surface area (Å²) in [5.74, 6) is -1.30. The summed E-state index contributed by atoms with van der Waals surface area (Å²) in [6.07, 6.45) is 0.764. The molecule has 0 saturated heterocycles. The molecule has 0 bridgehead atoms. The molecule has 2 aromatic rings. The van der Waals surface area contributed by atoms with Gasteiger partial charge in [0.15, 0.2) is 0 Å². The highest BCUT2D eigenvalue weighted by Crippen LogP contribution is 2.44. The van der Waals surface area contributed by atoms with E-state index in [-0.39, 0.29) is 37.3 Å². The van der Waals surface area contributed by atoms with Crippen LogP contribution in [0.4, 0.5) is 4.79 Å². The Bertz CT molecular complexity index is 929. The van der Waals surface area contributed by atoms with Gasteiger partial charge in [-0.1, -0.05) is 61.9 Å². The topological polar surface area (TPSA) is 105 Å². The van der Waals surface area contributed by atoms with Crippen molar-refractivity contribution in [2.24, 2.45) is 0 Å². The molecule has 0 saturated carbocycles. The Morgan fingerprint density at radius 1 is 0.969 bits per heavy atom. The van der Waals surface area contributed by atoms with Gasteiger partial charge < -0.3 is 20.5 Å². The largest absolute Gasteiger partial charge is 0.481 e. The average molecular weight is 439 g/mol. The summed E-state index contributed by atoms with van der Waals surface area (Å²) in [6.45, 7) is 3.82. The molecule has 0 aliphatic heterocycles. The van der Waals surface area contributed by atoms with Gasteiger partial charge in [-0.3, -0.25) is 9.59 Å². The van der Waals surface area contributed by atoms with Crippen LogP contribution in [0.25, 0.3) is 11.1 Å². The number of aliphatic carboxylic acids is 1. The van der Waals surface area contributed by atoms with Crippen molar-refractivity contribution in [1.82, 2.24) is 10.6 Å². The van der Waals surface area contributed by atoms with E-state index in [2.05, 4.69) is 34.9 Å². The Labute approximate surface area is 188 Å². The number of benzene rings is 2. The first-order valence-corrected chi connectivity index (χ1v) is 11.0. The number of nitrogens with one attached hydrogen (secondary N) is 2. The predicted octanol–water partition coefficient (Wildman–Crippen LogP) is 4.06. The van der Waals surface area contributed by atoms with Gasteiger partial charge in [-0.2, -0.15) is 0 Å². The second kappa shape index (κ2) is 10.8. The van der Waals surface area contributed by atoms with Gasteiger partial charge >= 0.3 is 12.1 Å². The Hall–Kier alpha value is -3.35. The standard InChI is InChI=1S/C25H30N2O5/c1-3-8-17(14-23(28)26-16(2)13-24(29)30)27-25(31)32-15-22-20-11-6-4-9-18(20)19-10-5-7-12-21(19)22/h4-7,9-12,16-17,22H,3,8,13-15H2,1-2H3,(H,26,28)(H,27,31)(H,29,30)/t16-,17+/m1/s1. The fourth-order valence-electron chi connectivity index (χ4n) is 4.25. The number of hydrogen-bond acceptors (Lipinski definition) is 4. The number of carboxylic acids is 1. The predicted molar refractivity (Wildman–Crippen MR) is 121 cm³/mol. The first-order valence-electron chi connectivity index (χ1n) is 11.0. The normalized spacial score (nSPS) is 14.1. The van der Waals surface area contributed by atoms with E-state index in [4.69, 9.17) is 9.84 Å². The maximum Gasteiger partial charge on any atom is 0.407 e. The Balaban J connectivity index is 1.57. The summed E-state index contributed by atoms with van der Waals surface area (Å²) in [4.78, 5) is 35.5. The van der Waals surface area contributed by atoms with Crippen LogP contribution in [0, 0.1) is 0 Å². The molecule has 0 unspecified atom stereocenters. The first-order chi connectivity index (χ1) is 15.4. The molecule has 2 amide bonds. The molecule has 3 rings (SSSR count). The number of ether oxygens (including phenoxy) is 1. The summed E-state index contributed by atoms with van der Waals surface area (Å²) in [7, 11) is 0. The molecule has 0 fully saturated rings. The van der Waals surface area contributed by atoms with Crippen LogP contribution >= 0.6 is 0 Å². The monoisotopic (exact) mass is 438 g/mol. The third kappa shape index (κ3) is 5.87. The summed E-state index contributed by atoms with van der Waals surface area (Å²) in [6, 6.07) is 15.4. The summed E-state index contributed by atoms with van der Waals surface area (Å²) < 4.78 is 5.57. The van der Waals surface area contributed by atoms with Crippen molar-refractivity contribution in [2.75, 3.05) is 6.61 Å². The zero-order chi connectivity index (χ0) is 23.1. The fourth-order valence-corrected chi connectivity index (χ4v) is 4.25. The van der Waals surface area contributed by atoms with Crippen molar-refractivity contribution < 1.29 is 24.2 Å². The van der Waals surface area contributed by atoms with Gasteiger partial charge in [0.1, 0.15) is 6.61 Å². The lowest BCUT2D eigenvalue weighted by Crippen LogP contribution is -2.42. The highest BCUT2D eigenvalue weighted by Gasteiger charge is 2.29. The fraction of sp³-hybridized carbons (Fsp3) is 0.400. The zero-order valence-corrected chi connectivity index (χ0v) is 18.5. The minimum absolute atomic E-state index is 0.0297. The molecule has 1 aliphatic carbocycles. The maximum atomic E-state index is 12.5. The molecule has 2 aromatic carbocycles. The van der Waals surface area contributed by atoms with Crippen LogP contribution in [0.5, 0.6) is 0 Å². The third-order valence-electron chi connectivity index (χ3n) is 5.62. The molecule has 0 aromatic heterocycles. The van der Waals surface area contributed by atoms with Crippen molar-refractivity contribution in [2.45, 2.75) is 57.5 Å². The number of fused-ring (bicyclic) bond motifs is 3. The van der Waals surface area contributed by atoms with E-state index < -0.39 is 18.1 Å². The van der Waals surface area contributed by atoms with Crippen molar-refractivity contribution in [3.63, 3.8) is 0 Å². The van der Waals surface area contributed by atoms with Crippen LogP contribution in [0.2, 0.25) is 0 Å². The van der Waals surface area contributed by atoms with Gasteiger partial charge in [0.25, 0.3) is 0 Å². The lowest BCUT2D eigenvalue weighted by atomic mass is 9.98. The second-order valence-corrected chi connectivity index (χ2v) is 8.23. The maximum absolute atomic E-state index is 12.5. The van der Waals surface area contributed by atoms with Crippen LogP contribution in [0.15, 0.2) is 48.5 Å². The van der Waals surface area contributed by atoms with Crippen molar-refractivity contribution in [1.29, 1.82) is 0 Å². The molecule has 32 heavy (non-hydrogen) atoms. The Morgan fingerprint density at radius 2 is 1.56 bits per heavy atom. The molecule has 3 N–H and O–H groups in total. The summed E-state index contributed by atoms with van der Waals surface area (Å²) in [5, 5.41) is 14.3. The molecular weight excluding hydrogens is 408 g/mol. The molecule has 2 atom stereocenters. The van der Waals surface area contributed by atoms with Crippen LogP contribution in [0.1, 0.15) is 56.6 Å². The van der Waals surface area contributed by atoms with Crippen LogP contribution in [0.3, 0.4) is 0 Å². The first kappa shape index (κ1) is 23.3. The van der Waals surface area contributed by atoms with Gasteiger partial charge in [-0.25, -0.2) is 4.79 Å². The SMILES string of the molecule is CCC[C@@H](CC(=O)N[C@H](C)CC(=O)O)NC(=O)OCC1c2ccccc2-c2ccccc21. The number of hydrogen-bond donors (Lipinski definition) is 3. The number of rotatable bonds is 10. The highest BCUT2D eigenvalue weighted by molar-refractivity contribution is 5.80. The highest BCUT2D eigenvalue weighted by atomic mass is 16.5. The lowest BCUT2D eigenvalue weighted by molar-refractivity contribution is -0.137. The van der Waals surface area contributed by atoms with E-state index in [0.29, 0.717) is 6.42 Å². The molecule has 7 heteroatoms. The number of alkyl carbamates (subject to hydrolysis) is 1. The van der Waals surface area contributed by atoms with Crippen LogP contribution in [-0.2, 0) is 14.3 Å². The molecule has 170 valence electrons. The average Bonchev–Trinajstić information content (AvgIpc) is 3.05. The van der Waals surface area contributed by atoms with E-state index in [1.807, 2.05) is 31.2 Å². The van der Waals surface area contributed by atoms with Crippen molar-refractivity contribution >= 4 is 18.0 Å². The Morgan fingerprint density at radius 3 is 2.12 bits per heavy atom. The quantitative estimate of drug-likeness (QED) is 0.519. The van der Waals surface area contributed by atoms with Gasteiger partial charge in [0.05, 0.1) is 6.42 Å². The second-order valence-electron chi connectivity index (χ2n) is 8.23. The van der Waals surface area contributed by atoms with E-state index in [0.717, 1.165) is 28.7 Å². The van der Waals surface area contributed by atoms with E-state index in [9.17, 15) is 14.4 Å². The number of amides is 2. The molecule has 0 radical (unpaired) electrons. The van der Waals surface area contributed by atoms with Gasteiger partial charge in [-0.05, 0) is 35.6 Å². The lowest BCUT2D eigenvalue weighted by Gasteiger charge is -2.20. The van der Waals surface area contributed by atoms with Crippen LogP contribution < -0.4 is 10.6 Å². The van der Waals surface area contributed by atoms with Crippen molar-refractivity contribution in [3.8, 4) is 11.1 Å². The molecule has 0 heterocycles. The molecular formula is C25H30N2O5. The smallest absolute Gasteiger partial charge is 0.407 e. The van der Waals surface area contributed by atoms with Gasteiger partial charge in [-0.15, -0.1) is 0 Å². The zero-order valence-electron chi connectivity index (χ0n) is 18.5. The summed E-state index contributed by atoms with van der Waals surface area (Å²) >= 11 is 0.